The van der Waals surface area contributed by atoms with Crippen LogP contribution in [-0.4, -0.2) is 9.97 Å². The Morgan fingerprint density at radius 3 is 3.14 bits per heavy atom. The van der Waals surface area contributed by atoms with E-state index in [0.29, 0.717) is 5.02 Å². The first kappa shape index (κ1) is 9.24. The Bertz CT molecular complexity index is 475. The number of nitrogens with zero attached hydrogens (tertiary/aromatic N) is 1. The van der Waals surface area contributed by atoms with E-state index in [2.05, 4.69) is 16.5 Å². The number of hydrogen-bond donors (Lipinski definition) is 2. The smallest absolute Gasteiger partial charge is 0.137 e. The van der Waals surface area contributed by atoms with Gasteiger partial charge in [0.2, 0.25) is 0 Å². The van der Waals surface area contributed by atoms with Crippen molar-refractivity contribution in [3.05, 3.63) is 41.7 Å². The number of rotatable bonds is 2. The molecule has 2 heterocycles. The van der Waals surface area contributed by atoms with Crippen LogP contribution in [0.15, 0.2) is 31.1 Å². The normalized spacial score (nSPS) is 13.0. The molecule has 2 aromatic heterocycles. The van der Waals surface area contributed by atoms with E-state index in [-0.39, 0.29) is 6.04 Å². The topological polar surface area (TPSA) is 54.7 Å². The van der Waals surface area contributed by atoms with Gasteiger partial charge in [0.15, 0.2) is 0 Å². The van der Waals surface area contributed by atoms with Gasteiger partial charge in [0.25, 0.3) is 0 Å². The predicted octanol–water partition coefficient (Wildman–Crippen LogP) is 2.40. The van der Waals surface area contributed by atoms with E-state index in [0.717, 1.165) is 16.6 Å². The SMILES string of the molecule is C=C[C@@H](N)c1c(Cl)cnc2[nH]ccc12. The standard InChI is InChI=1S/C10H10ClN3/c1-2-8(12)9-6-3-4-13-10(6)14-5-7(9)11/h2-5,8H,1,12H2,(H,13,14)/t8-/m1/s1. The van der Waals surface area contributed by atoms with Gasteiger partial charge in [0.05, 0.1) is 11.1 Å². The van der Waals surface area contributed by atoms with E-state index in [1.54, 1.807) is 12.3 Å². The van der Waals surface area contributed by atoms with Crippen molar-refractivity contribution in [2.24, 2.45) is 5.73 Å². The molecule has 3 nitrogen and oxygen atoms in total. The van der Waals surface area contributed by atoms with Crippen LogP contribution in [0.25, 0.3) is 11.0 Å². The van der Waals surface area contributed by atoms with Gasteiger partial charge in [0, 0.05) is 23.3 Å². The molecule has 0 saturated heterocycles. The fourth-order valence-electron chi connectivity index (χ4n) is 1.46. The molecule has 0 aliphatic carbocycles. The Hall–Kier alpha value is -1.32. The molecule has 0 aromatic carbocycles. The number of nitrogens with one attached hydrogen (secondary N) is 1. The maximum absolute atomic E-state index is 6.03. The van der Waals surface area contributed by atoms with E-state index in [1.807, 2.05) is 12.3 Å². The molecule has 0 bridgehead atoms. The van der Waals surface area contributed by atoms with Crippen molar-refractivity contribution in [2.75, 3.05) is 0 Å². The first-order chi connectivity index (χ1) is 6.74. The third kappa shape index (κ3) is 1.31. The van der Waals surface area contributed by atoms with E-state index in [9.17, 15) is 0 Å². The summed E-state index contributed by atoms with van der Waals surface area (Å²) < 4.78 is 0. The maximum atomic E-state index is 6.03. The highest BCUT2D eigenvalue weighted by molar-refractivity contribution is 6.32. The molecule has 0 amide bonds. The summed E-state index contributed by atoms with van der Waals surface area (Å²) in [6.07, 6.45) is 5.07. The second kappa shape index (κ2) is 3.44. The van der Waals surface area contributed by atoms with Crippen molar-refractivity contribution < 1.29 is 0 Å². The van der Waals surface area contributed by atoms with Crippen molar-refractivity contribution in [3.8, 4) is 0 Å². The number of fused-ring (bicyclic) bond motifs is 1. The molecule has 14 heavy (non-hydrogen) atoms. The minimum atomic E-state index is -0.260. The Labute approximate surface area is 86.6 Å². The molecule has 0 unspecified atom stereocenters. The van der Waals surface area contributed by atoms with Gasteiger partial charge in [-0.1, -0.05) is 17.7 Å². The van der Waals surface area contributed by atoms with Crippen molar-refractivity contribution in [3.63, 3.8) is 0 Å². The van der Waals surface area contributed by atoms with Gasteiger partial charge in [-0.15, -0.1) is 6.58 Å². The third-order valence-corrected chi connectivity index (χ3v) is 2.47. The monoisotopic (exact) mass is 207 g/mol. The average molecular weight is 208 g/mol. The molecule has 72 valence electrons. The second-order valence-corrected chi connectivity index (χ2v) is 3.43. The van der Waals surface area contributed by atoms with E-state index < -0.39 is 0 Å². The molecule has 3 N–H and O–H groups in total. The second-order valence-electron chi connectivity index (χ2n) is 3.02. The Balaban J connectivity index is 2.75. The van der Waals surface area contributed by atoms with Crippen molar-refractivity contribution >= 4 is 22.6 Å². The van der Waals surface area contributed by atoms with Crippen LogP contribution in [0.2, 0.25) is 5.02 Å². The molecule has 2 rings (SSSR count). The van der Waals surface area contributed by atoms with Gasteiger partial charge >= 0.3 is 0 Å². The third-order valence-electron chi connectivity index (χ3n) is 2.17. The van der Waals surface area contributed by atoms with Gasteiger partial charge in [0.1, 0.15) is 5.65 Å². The summed E-state index contributed by atoms with van der Waals surface area (Å²) in [5.41, 5.74) is 7.54. The molecule has 0 saturated carbocycles. The molecule has 0 fully saturated rings. The fourth-order valence-corrected chi connectivity index (χ4v) is 1.74. The lowest BCUT2D eigenvalue weighted by molar-refractivity contribution is 0.923. The zero-order chi connectivity index (χ0) is 10.1. The Morgan fingerprint density at radius 1 is 1.64 bits per heavy atom. The Kier molecular flexibility index (Phi) is 2.27. The first-order valence-corrected chi connectivity index (χ1v) is 4.61. The van der Waals surface area contributed by atoms with Crippen molar-refractivity contribution in [1.82, 2.24) is 9.97 Å². The first-order valence-electron chi connectivity index (χ1n) is 4.23. The summed E-state index contributed by atoms with van der Waals surface area (Å²) in [7, 11) is 0. The van der Waals surface area contributed by atoms with E-state index in [4.69, 9.17) is 17.3 Å². The number of aromatic nitrogens is 2. The number of H-pyrrole nitrogens is 1. The Morgan fingerprint density at radius 2 is 2.43 bits per heavy atom. The lowest BCUT2D eigenvalue weighted by Crippen LogP contribution is -2.07. The van der Waals surface area contributed by atoms with Crippen LogP contribution in [0.3, 0.4) is 0 Å². The molecule has 4 heteroatoms. The summed E-state index contributed by atoms with van der Waals surface area (Å²) in [4.78, 5) is 7.15. The molecule has 1 atom stereocenters. The van der Waals surface area contributed by atoms with Crippen LogP contribution in [-0.2, 0) is 0 Å². The molecule has 0 spiro atoms. The van der Waals surface area contributed by atoms with Crippen LogP contribution in [0.5, 0.6) is 0 Å². The quantitative estimate of drug-likeness (QED) is 0.743. The lowest BCUT2D eigenvalue weighted by atomic mass is 10.1. The summed E-state index contributed by atoms with van der Waals surface area (Å²) >= 11 is 6.03. The number of hydrogen-bond acceptors (Lipinski definition) is 2. The van der Waals surface area contributed by atoms with Gasteiger partial charge in [-0.3, -0.25) is 0 Å². The highest BCUT2D eigenvalue weighted by Gasteiger charge is 2.12. The average Bonchev–Trinajstić information content (AvgIpc) is 2.64. The van der Waals surface area contributed by atoms with Gasteiger partial charge in [-0.2, -0.15) is 0 Å². The van der Waals surface area contributed by atoms with Crippen LogP contribution in [0, 0.1) is 0 Å². The highest BCUT2D eigenvalue weighted by Crippen LogP contribution is 2.28. The molecule has 0 aliphatic heterocycles. The number of aromatic amines is 1. The molecular formula is C10H10ClN3. The molecule has 0 radical (unpaired) electrons. The summed E-state index contributed by atoms with van der Waals surface area (Å²) in [5.74, 6) is 0. The van der Waals surface area contributed by atoms with Crippen molar-refractivity contribution in [1.29, 1.82) is 0 Å². The maximum Gasteiger partial charge on any atom is 0.137 e. The van der Waals surface area contributed by atoms with Gasteiger partial charge < -0.3 is 10.7 Å². The zero-order valence-corrected chi connectivity index (χ0v) is 8.25. The van der Waals surface area contributed by atoms with Crippen LogP contribution >= 0.6 is 11.6 Å². The van der Waals surface area contributed by atoms with Crippen molar-refractivity contribution in [2.45, 2.75) is 6.04 Å². The lowest BCUT2D eigenvalue weighted by Gasteiger charge is -2.09. The largest absolute Gasteiger partial charge is 0.346 e. The minimum absolute atomic E-state index is 0.260. The fraction of sp³-hybridized carbons (Fsp3) is 0.100. The van der Waals surface area contributed by atoms with E-state index >= 15 is 0 Å². The zero-order valence-electron chi connectivity index (χ0n) is 7.50. The van der Waals surface area contributed by atoms with Gasteiger partial charge in [-0.25, -0.2) is 4.98 Å². The number of halogens is 1. The van der Waals surface area contributed by atoms with Crippen LogP contribution in [0.1, 0.15) is 11.6 Å². The minimum Gasteiger partial charge on any atom is -0.346 e. The molecule has 2 aromatic rings. The summed E-state index contributed by atoms with van der Waals surface area (Å²) in [5, 5.41) is 1.52. The summed E-state index contributed by atoms with van der Waals surface area (Å²) in [6, 6.07) is 1.65. The van der Waals surface area contributed by atoms with Crippen LogP contribution < -0.4 is 5.73 Å². The van der Waals surface area contributed by atoms with E-state index in [1.165, 1.54) is 0 Å². The predicted molar refractivity (Wildman–Crippen MR) is 58.2 cm³/mol. The van der Waals surface area contributed by atoms with Crippen LogP contribution in [0.4, 0.5) is 0 Å². The number of pyridine rings is 1. The van der Waals surface area contributed by atoms with Gasteiger partial charge in [-0.05, 0) is 6.07 Å². The molecule has 0 aliphatic rings. The molecular weight excluding hydrogens is 198 g/mol. The highest BCUT2D eigenvalue weighted by atomic mass is 35.5. The number of nitrogens with two attached hydrogens (primary N) is 1. The summed E-state index contributed by atoms with van der Waals surface area (Å²) in [6.45, 7) is 3.66.